The highest BCUT2D eigenvalue weighted by atomic mass is 32.2. The third kappa shape index (κ3) is 3.03. The van der Waals surface area contributed by atoms with E-state index in [0.29, 0.717) is 18.3 Å². The first-order valence-corrected chi connectivity index (χ1v) is 9.25. The summed E-state index contributed by atoms with van der Waals surface area (Å²) in [4.78, 5) is 11.1. The quantitative estimate of drug-likeness (QED) is 0.841. The van der Waals surface area contributed by atoms with Crippen molar-refractivity contribution in [3.8, 4) is 0 Å². The molecule has 0 heterocycles. The van der Waals surface area contributed by atoms with Gasteiger partial charge in [0.15, 0.2) is 0 Å². The fourth-order valence-corrected chi connectivity index (χ4v) is 5.52. The fraction of sp³-hybridized carbons (Fsp3) is 0.562. The minimum atomic E-state index is -3.54. The highest BCUT2D eigenvalue weighted by Crippen LogP contribution is 2.50. The second-order valence-corrected chi connectivity index (χ2v) is 8.10. The van der Waals surface area contributed by atoms with Crippen molar-refractivity contribution in [1.82, 2.24) is 4.72 Å². The van der Waals surface area contributed by atoms with Crippen molar-refractivity contribution in [3.05, 3.63) is 30.3 Å². The molecule has 0 saturated heterocycles. The smallest absolute Gasteiger partial charge is 0.303 e. The third-order valence-corrected chi connectivity index (χ3v) is 6.60. The van der Waals surface area contributed by atoms with Crippen molar-refractivity contribution in [2.45, 2.75) is 43.0 Å². The van der Waals surface area contributed by atoms with Gasteiger partial charge in [0.1, 0.15) is 0 Å². The summed E-state index contributed by atoms with van der Waals surface area (Å²) in [5.74, 6) is 0.149. The van der Waals surface area contributed by atoms with Crippen LogP contribution in [0.2, 0.25) is 0 Å². The number of carbonyl (C=O) groups is 1. The molecular formula is C16H21NO4S. The molecule has 0 radical (unpaired) electrons. The predicted octanol–water partition coefficient (Wildman–Crippen LogP) is 2.24. The van der Waals surface area contributed by atoms with Crippen LogP contribution in [0, 0.1) is 17.8 Å². The number of fused-ring (bicyclic) bond motifs is 2. The van der Waals surface area contributed by atoms with E-state index in [-0.39, 0.29) is 23.3 Å². The molecule has 6 heteroatoms. The molecule has 1 aromatic rings. The summed E-state index contributed by atoms with van der Waals surface area (Å²) in [5, 5.41) is 8.90. The topological polar surface area (TPSA) is 83.5 Å². The van der Waals surface area contributed by atoms with E-state index in [1.165, 1.54) is 0 Å². The van der Waals surface area contributed by atoms with Crippen LogP contribution in [0.15, 0.2) is 35.2 Å². The Morgan fingerprint density at radius 2 is 1.86 bits per heavy atom. The SMILES string of the molecule is O=C(O)CC[C@@H]1[C@H]2CC[C@H](C2)[C@H]1NS(=O)(=O)c1ccccc1. The summed E-state index contributed by atoms with van der Waals surface area (Å²) in [5.41, 5.74) is 0. The van der Waals surface area contributed by atoms with Crippen molar-refractivity contribution in [3.63, 3.8) is 0 Å². The van der Waals surface area contributed by atoms with E-state index in [1.807, 2.05) is 0 Å². The molecule has 0 unspecified atom stereocenters. The molecular weight excluding hydrogens is 302 g/mol. The summed E-state index contributed by atoms with van der Waals surface area (Å²) in [6.45, 7) is 0. The molecule has 1 aromatic carbocycles. The molecule has 5 nitrogen and oxygen atoms in total. The van der Waals surface area contributed by atoms with Crippen molar-refractivity contribution in [1.29, 1.82) is 0 Å². The van der Waals surface area contributed by atoms with Gasteiger partial charge in [0.05, 0.1) is 4.90 Å². The highest BCUT2D eigenvalue weighted by Gasteiger charge is 2.48. The molecule has 2 bridgehead atoms. The first kappa shape index (κ1) is 15.5. The van der Waals surface area contributed by atoms with Gasteiger partial charge in [0.2, 0.25) is 10.0 Å². The molecule has 22 heavy (non-hydrogen) atoms. The van der Waals surface area contributed by atoms with Crippen molar-refractivity contribution < 1.29 is 18.3 Å². The first-order chi connectivity index (χ1) is 10.5. The predicted molar refractivity (Wildman–Crippen MR) is 81.7 cm³/mol. The summed E-state index contributed by atoms with van der Waals surface area (Å²) >= 11 is 0. The van der Waals surface area contributed by atoms with Gasteiger partial charge in [-0.15, -0.1) is 0 Å². The average molecular weight is 323 g/mol. The van der Waals surface area contributed by atoms with E-state index in [2.05, 4.69) is 4.72 Å². The van der Waals surface area contributed by atoms with Crippen LogP contribution < -0.4 is 4.72 Å². The highest BCUT2D eigenvalue weighted by molar-refractivity contribution is 7.89. The Kier molecular flexibility index (Phi) is 4.23. The van der Waals surface area contributed by atoms with Crippen LogP contribution in [0.5, 0.6) is 0 Å². The van der Waals surface area contributed by atoms with E-state index < -0.39 is 16.0 Å². The number of sulfonamides is 1. The van der Waals surface area contributed by atoms with E-state index >= 15 is 0 Å². The van der Waals surface area contributed by atoms with Crippen LogP contribution in [-0.2, 0) is 14.8 Å². The summed E-state index contributed by atoms with van der Waals surface area (Å²) < 4.78 is 27.9. The maximum atomic E-state index is 12.5. The molecule has 0 amide bonds. The van der Waals surface area contributed by atoms with E-state index in [0.717, 1.165) is 19.3 Å². The Bertz CT molecular complexity index is 643. The molecule has 2 fully saturated rings. The standard InChI is InChI=1S/C16H21NO4S/c18-15(19)9-8-14-11-6-7-12(10-11)16(14)17-22(20,21)13-4-2-1-3-5-13/h1-5,11-12,14,16-17H,6-10H2,(H,18,19)/t11-,12+,14+,16+/m0/s1. The monoisotopic (exact) mass is 323 g/mol. The maximum Gasteiger partial charge on any atom is 0.303 e. The summed E-state index contributed by atoms with van der Waals surface area (Å²) in [7, 11) is -3.54. The van der Waals surface area contributed by atoms with Crippen LogP contribution in [0.25, 0.3) is 0 Å². The Labute approximate surface area is 130 Å². The van der Waals surface area contributed by atoms with Crippen LogP contribution in [0.3, 0.4) is 0 Å². The lowest BCUT2D eigenvalue weighted by molar-refractivity contribution is -0.137. The molecule has 2 aliphatic carbocycles. The van der Waals surface area contributed by atoms with Crippen molar-refractivity contribution in [2.75, 3.05) is 0 Å². The van der Waals surface area contributed by atoms with Gasteiger partial charge in [0.25, 0.3) is 0 Å². The number of hydrogen-bond donors (Lipinski definition) is 2. The first-order valence-electron chi connectivity index (χ1n) is 7.76. The van der Waals surface area contributed by atoms with E-state index in [1.54, 1.807) is 30.3 Å². The zero-order chi connectivity index (χ0) is 15.7. The number of aliphatic carboxylic acids is 1. The van der Waals surface area contributed by atoms with Gasteiger partial charge < -0.3 is 5.11 Å². The van der Waals surface area contributed by atoms with Gasteiger partial charge in [-0.1, -0.05) is 18.2 Å². The number of benzene rings is 1. The van der Waals surface area contributed by atoms with E-state index in [9.17, 15) is 13.2 Å². The molecule has 2 aliphatic rings. The number of carboxylic acids is 1. The van der Waals surface area contributed by atoms with Gasteiger partial charge in [-0.3, -0.25) is 4.79 Å². The van der Waals surface area contributed by atoms with Crippen molar-refractivity contribution in [2.24, 2.45) is 17.8 Å². The van der Waals surface area contributed by atoms with Gasteiger partial charge in [-0.25, -0.2) is 13.1 Å². The average Bonchev–Trinajstić information content (AvgIpc) is 3.07. The Balaban J connectivity index is 1.76. The number of nitrogens with one attached hydrogen (secondary N) is 1. The Hall–Kier alpha value is -1.40. The lowest BCUT2D eigenvalue weighted by atomic mass is 9.82. The molecule has 120 valence electrons. The number of carboxylic acid groups (broad SMARTS) is 1. The van der Waals surface area contributed by atoms with Crippen molar-refractivity contribution >= 4 is 16.0 Å². The third-order valence-electron chi connectivity index (χ3n) is 5.12. The fourth-order valence-electron chi connectivity index (χ4n) is 4.15. The van der Waals surface area contributed by atoms with Gasteiger partial charge in [-0.05, 0) is 55.6 Å². The van der Waals surface area contributed by atoms with Gasteiger partial charge in [-0.2, -0.15) is 0 Å². The summed E-state index contributed by atoms with van der Waals surface area (Å²) in [6.07, 6.45) is 3.82. The zero-order valence-electron chi connectivity index (χ0n) is 12.3. The lowest BCUT2D eigenvalue weighted by Crippen LogP contribution is -2.44. The molecule has 3 rings (SSSR count). The molecule has 0 spiro atoms. The second-order valence-electron chi connectivity index (χ2n) is 6.39. The zero-order valence-corrected chi connectivity index (χ0v) is 13.1. The normalized spacial score (nSPS) is 30.5. The second kappa shape index (κ2) is 6.01. The molecule has 2 N–H and O–H groups in total. The lowest BCUT2D eigenvalue weighted by Gasteiger charge is -2.31. The minimum absolute atomic E-state index is 0.109. The maximum absolute atomic E-state index is 12.5. The summed E-state index contributed by atoms with van der Waals surface area (Å²) in [6, 6.07) is 8.24. The van der Waals surface area contributed by atoms with Crippen LogP contribution in [0.1, 0.15) is 32.1 Å². The van der Waals surface area contributed by atoms with Crippen LogP contribution >= 0.6 is 0 Å². The number of rotatable bonds is 6. The largest absolute Gasteiger partial charge is 0.481 e. The van der Waals surface area contributed by atoms with E-state index in [4.69, 9.17) is 5.11 Å². The van der Waals surface area contributed by atoms with Gasteiger partial charge in [0, 0.05) is 12.5 Å². The van der Waals surface area contributed by atoms with Gasteiger partial charge >= 0.3 is 5.97 Å². The molecule has 0 aliphatic heterocycles. The Morgan fingerprint density at radius 1 is 1.18 bits per heavy atom. The number of hydrogen-bond acceptors (Lipinski definition) is 3. The molecule has 2 saturated carbocycles. The minimum Gasteiger partial charge on any atom is -0.481 e. The molecule has 0 aromatic heterocycles. The Morgan fingerprint density at radius 3 is 2.55 bits per heavy atom. The molecule has 4 atom stereocenters. The van der Waals surface area contributed by atoms with Crippen LogP contribution in [0.4, 0.5) is 0 Å². The van der Waals surface area contributed by atoms with Crippen LogP contribution in [-0.4, -0.2) is 25.5 Å².